The molecule has 4 nitrogen and oxygen atoms in total. The van der Waals surface area contributed by atoms with Crippen LogP contribution in [-0.2, 0) is 4.79 Å². The third-order valence-corrected chi connectivity index (χ3v) is 3.01. The van der Waals surface area contributed by atoms with Crippen LogP contribution in [0.25, 0.3) is 0 Å². The summed E-state index contributed by atoms with van der Waals surface area (Å²) in [6.45, 7) is 6.03. The van der Waals surface area contributed by atoms with Gasteiger partial charge in [0.2, 0.25) is 5.91 Å². The van der Waals surface area contributed by atoms with Gasteiger partial charge < -0.3 is 10.4 Å². The molecule has 4 heteroatoms. The monoisotopic (exact) mass is 214 g/mol. The number of hydrogen-bond donors (Lipinski definition) is 2. The quantitative estimate of drug-likeness (QED) is 0.710. The van der Waals surface area contributed by atoms with Crippen molar-refractivity contribution >= 4 is 5.91 Å². The van der Waals surface area contributed by atoms with Crippen LogP contribution in [0.15, 0.2) is 0 Å². The van der Waals surface area contributed by atoms with Crippen LogP contribution in [-0.4, -0.2) is 47.7 Å². The van der Waals surface area contributed by atoms with Gasteiger partial charge in [-0.2, -0.15) is 0 Å². The van der Waals surface area contributed by atoms with E-state index in [1.807, 2.05) is 0 Å². The second-order valence-electron chi connectivity index (χ2n) is 4.19. The van der Waals surface area contributed by atoms with Gasteiger partial charge in [0, 0.05) is 19.2 Å². The van der Waals surface area contributed by atoms with Crippen LogP contribution >= 0.6 is 0 Å². The van der Waals surface area contributed by atoms with E-state index in [9.17, 15) is 4.79 Å². The molecule has 1 heterocycles. The third-order valence-electron chi connectivity index (χ3n) is 3.01. The molecule has 15 heavy (non-hydrogen) atoms. The first-order valence-corrected chi connectivity index (χ1v) is 5.85. The molecule has 1 saturated heterocycles. The fourth-order valence-electron chi connectivity index (χ4n) is 2.20. The smallest absolute Gasteiger partial charge is 0.237 e. The number of carbonyl (C=O) groups excluding carboxylic acids is 1. The highest BCUT2D eigenvalue weighted by Crippen LogP contribution is 2.15. The zero-order chi connectivity index (χ0) is 11.3. The number of nitrogens with one attached hydrogen (secondary N) is 1. The molecular weight excluding hydrogens is 192 g/mol. The summed E-state index contributed by atoms with van der Waals surface area (Å²) < 4.78 is 0. The number of aliphatic hydroxyl groups excluding tert-OH is 1. The summed E-state index contributed by atoms with van der Waals surface area (Å²) in [5, 5.41) is 11.9. The van der Waals surface area contributed by atoms with Crippen molar-refractivity contribution in [2.45, 2.75) is 45.2 Å². The Balaban J connectivity index is 2.73. The summed E-state index contributed by atoms with van der Waals surface area (Å²) >= 11 is 0. The summed E-state index contributed by atoms with van der Waals surface area (Å²) in [5.74, 6) is 0.0712. The van der Waals surface area contributed by atoms with Crippen LogP contribution in [0.3, 0.4) is 0 Å². The van der Waals surface area contributed by atoms with Gasteiger partial charge >= 0.3 is 0 Å². The van der Waals surface area contributed by atoms with E-state index in [0.717, 1.165) is 25.9 Å². The molecule has 1 amide bonds. The number of aliphatic hydroxyl groups is 1. The van der Waals surface area contributed by atoms with Gasteiger partial charge in [-0.25, -0.2) is 0 Å². The lowest BCUT2D eigenvalue weighted by atomic mass is 10.1. The number of rotatable bonds is 4. The third kappa shape index (κ3) is 3.18. The van der Waals surface area contributed by atoms with Crippen LogP contribution in [0.2, 0.25) is 0 Å². The van der Waals surface area contributed by atoms with E-state index in [1.54, 1.807) is 0 Å². The minimum absolute atomic E-state index is 0.0712. The van der Waals surface area contributed by atoms with E-state index in [-0.39, 0.29) is 18.6 Å². The number of amides is 1. The average Bonchev–Trinajstić information content (AvgIpc) is 2.33. The van der Waals surface area contributed by atoms with E-state index in [2.05, 4.69) is 24.1 Å². The minimum atomic E-state index is -0.146. The largest absolute Gasteiger partial charge is 0.396 e. The highest BCUT2D eigenvalue weighted by atomic mass is 16.3. The summed E-state index contributed by atoms with van der Waals surface area (Å²) in [5.41, 5.74) is 0. The molecule has 1 rings (SSSR count). The van der Waals surface area contributed by atoms with Crippen LogP contribution in [0.1, 0.15) is 33.1 Å². The van der Waals surface area contributed by atoms with Crippen molar-refractivity contribution in [1.82, 2.24) is 10.2 Å². The molecule has 1 aliphatic heterocycles. The molecule has 88 valence electrons. The molecule has 1 fully saturated rings. The number of nitrogens with zero attached hydrogens (tertiary/aromatic N) is 1. The summed E-state index contributed by atoms with van der Waals surface area (Å²) in [7, 11) is 0. The van der Waals surface area contributed by atoms with Crippen LogP contribution in [0.4, 0.5) is 0 Å². The van der Waals surface area contributed by atoms with Gasteiger partial charge in [0.15, 0.2) is 0 Å². The fourth-order valence-corrected chi connectivity index (χ4v) is 2.20. The highest BCUT2D eigenvalue weighted by Gasteiger charge is 2.30. The Morgan fingerprint density at radius 1 is 1.60 bits per heavy atom. The Hall–Kier alpha value is -0.610. The molecule has 0 aliphatic carbocycles. The van der Waals surface area contributed by atoms with Crippen molar-refractivity contribution < 1.29 is 9.90 Å². The molecule has 0 aromatic heterocycles. The Kier molecular flexibility index (Phi) is 5.05. The van der Waals surface area contributed by atoms with Crippen LogP contribution in [0, 0.1) is 0 Å². The van der Waals surface area contributed by atoms with Crippen molar-refractivity contribution in [3.63, 3.8) is 0 Å². The Bertz CT molecular complexity index is 209. The van der Waals surface area contributed by atoms with Crippen molar-refractivity contribution in [3.8, 4) is 0 Å². The van der Waals surface area contributed by atoms with Crippen molar-refractivity contribution in [2.24, 2.45) is 0 Å². The predicted octanol–water partition coefficient (Wildman–Crippen LogP) is 0.358. The molecule has 2 unspecified atom stereocenters. The van der Waals surface area contributed by atoms with Crippen molar-refractivity contribution in [2.75, 3.05) is 19.7 Å². The maximum atomic E-state index is 11.8. The summed E-state index contributed by atoms with van der Waals surface area (Å²) in [4.78, 5) is 14.0. The molecule has 1 aliphatic rings. The van der Waals surface area contributed by atoms with E-state index in [0.29, 0.717) is 12.5 Å². The van der Waals surface area contributed by atoms with Crippen LogP contribution in [0.5, 0.6) is 0 Å². The van der Waals surface area contributed by atoms with Crippen molar-refractivity contribution in [3.05, 3.63) is 0 Å². The molecule has 0 aromatic rings. The van der Waals surface area contributed by atoms with Gasteiger partial charge in [-0.1, -0.05) is 6.92 Å². The van der Waals surface area contributed by atoms with E-state index in [4.69, 9.17) is 5.11 Å². The number of hydrogen-bond acceptors (Lipinski definition) is 3. The zero-order valence-electron chi connectivity index (χ0n) is 9.70. The molecule has 0 bridgehead atoms. The van der Waals surface area contributed by atoms with E-state index < -0.39 is 0 Å². The Morgan fingerprint density at radius 3 is 2.93 bits per heavy atom. The summed E-state index contributed by atoms with van der Waals surface area (Å²) in [6.07, 6.45) is 2.57. The maximum Gasteiger partial charge on any atom is 0.237 e. The Labute approximate surface area is 91.6 Å². The van der Waals surface area contributed by atoms with Crippen molar-refractivity contribution in [1.29, 1.82) is 0 Å². The first kappa shape index (κ1) is 12.5. The zero-order valence-corrected chi connectivity index (χ0v) is 9.70. The molecule has 0 saturated carbocycles. The minimum Gasteiger partial charge on any atom is -0.396 e. The molecule has 2 atom stereocenters. The maximum absolute atomic E-state index is 11.8. The highest BCUT2D eigenvalue weighted by molar-refractivity contribution is 5.82. The molecule has 0 spiro atoms. The van der Waals surface area contributed by atoms with E-state index in [1.165, 1.54) is 0 Å². The van der Waals surface area contributed by atoms with Gasteiger partial charge in [-0.3, -0.25) is 9.69 Å². The normalized spacial score (nSPS) is 28.6. The first-order chi connectivity index (χ1) is 7.20. The summed E-state index contributed by atoms with van der Waals surface area (Å²) in [6, 6.07) is 0.271. The molecular formula is C11H22N2O2. The second-order valence-corrected chi connectivity index (χ2v) is 4.19. The Morgan fingerprint density at radius 2 is 2.33 bits per heavy atom. The molecule has 0 aromatic carbocycles. The van der Waals surface area contributed by atoms with Gasteiger partial charge in [0.25, 0.3) is 0 Å². The molecule has 2 N–H and O–H groups in total. The van der Waals surface area contributed by atoms with Gasteiger partial charge in [0.05, 0.1) is 6.04 Å². The first-order valence-electron chi connectivity index (χ1n) is 5.85. The lowest BCUT2D eigenvalue weighted by molar-refractivity contribution is -0.126. The number of carbonyl (C=O) groups is 1. The SMILES string of the molecule is CCCN1C(C)CCNC(=O)C1CCO. The van der Waals surface area contributed by atoms with Gasteiger partial charge in [-0.05, 0) is 32.7 Å². The van der Waals surface area contributed by atoms with Gasteiger partial charge in [-0.15, -0.1) is 0 Å². The van der Waals surface area contributed by atoms with Crippen LogP contribution < -0.4 is 5.32 Å². The topological polar surface area (TPSA) is 52.6 Å². The fraction of sp³-hybridized carbons (Fsp3) is 0.909. The average molecular weight is 214 g/mol. The lowest BCUT2D eigenvalue weighted by Gasteiger charge is -2.32. The predicted molar refractivity (Wildman–Crippen MR) is 59.6 cm³/mol. The molecule has 0 radical (unpaired) electrons. The van der Waals surface area contributed by atoms with E-state index >= 15 is 0 Å². The lowest BCUT2D eigenvalue weighted by Crippen LogP contribution is -2.47. The second kappa shape index (κ2) is 6.08. The van der Waals surface area contributed by atoms with Gasteiger partial charge in [0.1, 0.15) is 0 Å². The standard InChI is InChI=1S/C11H22N2O2/c1-3-7-13-9(2)4-6-12-11(15)10(13)5-8-14/h9-10,14H,3-8H2,1-2H3,(H,12,15).